The number of aliphatic carboxylic acids is 1. The van der Waals surface area contributed by atoms with Gasteiger partial charge in [0.1, 0.15) is 42.6 Å². The Labute approximate surface area is 363 Å². The predicted octanol–water partition coefficient (Wildman–Crippen LogP) is 2.70. The van der Waals surface area contributed by atoms with Crippen molar-refractivity contribution < 1.29 is 43.3 Å². The molecular formula is C46H61N7O9. The van der Waals surface area contributed by atoms with Gasteiger partial charge >= 0.3 is 12.0 Å². The van der Waals surface area contributed by atoms with Crippen LogP contribution in [0.2, 0.25) is 0 Å². The van der Waals surface area contributed by atoms with E-state index in [4.69, 9.17) is 15.2 Å². The minimum Gasteiger partial charge on any atom is -0.489 e. The number of benzene rings is 3. The van der Waals surface area contributed by atoms with Crippen molar-refractivity contribution in [3.63, 3.8) is 0 Å². The number of carbonyl (C=O) groups excluding carboxylic acids is 5. The summed E-state index contributed by atoms with van der Waals surface area (Å²) >= 11 is 0. The Morgan fingerprint density at radius 1 is 0.758 bits per heavy atom. The van der Waals surface area contributed by atoms with Crippen molar-refractivity contribution >= 4 is 35.6 Å². The first-order valence-electron chi connectivity index (χ1n) is 21.0. The number of carbonyl (C=O) groups is 6. The highest BCUT2D eigenvalue weighted by Crippen LogP contribution is 2.19. The monoisotopic (exact) mass is 855 g/mol. The molecule has 3 aromatic carbocycles. The molecule has 62 heavy (non-hydrogen) atoms. The van der Waals surface area contributed by atoms with Gasteiger partial charge in [0.15, 0.2) is 0 Å². The van der Waals surface area contributed by atoms with Crippen LogP contribution in [0.15, 0.2) is 97.1 Å². The highest BCUT2D eigenvalue weighted by molar-refractivity contribution is 5.97. The summed E-state index contributed by atoms with van der Waals surface area (Å²) in [4.78, 5) is 82.5. The normalized spacial score (nSPS) is 15.7. The first-order valence-corrected chi connectivity index (χ1v) is 21.0. The minimum atomic E-state index is -1.30. The van der Waals surface area contributed by atoms with Gasteiger partial charge in [-0.05, 0) is 40.7 Å². The summed E-state index contributed by atoms with van der Waals surface area (Å²) in [5.74, 6) is -3.87. The van der Waals surface area contributed by atoms with Crippen LogP contribution in [-0.2, 0) is 48.2 Å². The summed E-state index contributed by atoms with van der Waals surface area (Å²) in [6, 6.07) is 19.2. The number of urea groups is 1. The quantitative estimate of drug-likeness (QED) is 0.0515. The van der Waals surface area contributed by atoms with Gasteiger partial charge in [-0.3, -0.25) is 19.2 Å². The number of hydrogen-bond acceptors (Lipinski definition) is 9. The van der Waals surface area contributed by atoms with Crippen LogP contribution < -0.4 is 37.1 Å². The third-order valence-corrected chi connectivity index (χ3v) is 10.5. The summed E-state index contributed by atoms with van der Waals surface area (Å²) in [6.45, 7) is 8.75. The highest BCUT2D eigenvalue weighted by atomic mass is 16.5. The molecule has 16 nitrogen and oxygen atoms in total. The zero-order valence-electron chi connectivity index (χ0n) is 35.9. The number of ether oxygens (including phenoxy) is 2. The van der Waals surface area contributed by atoms with Crippen molar-refractivity contribution in [1.29, 1.82) is 0 Å². The molecule has 0 radical (unpaired) electrons. The van der Waals surface area contributed by atoms with Crippen molar-refractivity contribution in [3.05, 3.63) is 114 Å². The van der Waals surface area contributed by atoms with Gasteiger partial charge in [-0.1, -0.05) is 119 Å². The molecule has 0 bridgehead atoms. The van der Waals surface area contributed by atoms with Crippen molar-refractivity contribution in [2.24, 2.45) is 17.6 Å². The van der Waals surface area contributed by atoms with Gasteiger partial charge < -0.3 is 51.8 Å². The maximum absolute atomic E-state index is 14.2. The fourth-order valence-electron chi connectivity index (χ4n) is 6.72. The van der Waals surface area contributed by atoms with Crippen molar-refractivity contribution in [2.75, 3.05) is 32.8 Å². The molecule has 0 aromatic heterocycles. The number of carboxylic acids is 1. The molecule has 1 aliphatic heterocycles. The molecule has 0 unspecified atom stereocenters. The minimum absolute atomic E-state index is 0.00820. The first kappa shape index (κ1) is 48.4. The lowest BCUT2D eigenvalue weighted by molar-refractivity contribution is -0.143. The molecule has 0 fully saturated rings. The zero-order chi connectivity index (χ0) is 45.0. The van der Waals surface area contributed by atoms with Crippen LogP contribution >= 0.6 is 0 Å². The maximum Gasteiger partial charge on any atom is 0.326 e. The van der Waals surface area contributed by atoms with Gasteiger partial charge in [0.25, 0.3) is 0 Å². The summed E-state index contributed by atoms with van der Waals surface area (Å²) in [5, 5.41) is 23.7. The van der Waals surface area contributed by atoms with Gasteiger partial charge in [-0.2, -0.15) is 0 Å². The van der Waals surface area contributed by atoms with Gasteiger partial charge in [0, 0.05) is 32.5 Å². The molecule has 3 aromatic rings. The molecule has 4 rings (SSSR count). The van der Waals surface area contributed by atoms with Gasteiger partial charge in [0.05, 0.1) is 13.2 Å². The van der Waals surface area contributed by atoms with Crippen LogP contribution in [0, 0.1) is 11.8 Å². The number of nitrogens with one attached hydrogen (secondary N) is 5. The van der Waals surface area contributed by atoms with Crippen molar-refractivity contribution in [1.82, 2.24) is 31.5 Å². The molecule has 8 N–H and O–H groups in total. The fraction of sp³-hybridized carbons (Fsp3) is 0.435. The van der Waals surface area contributed by atoms with Gasteiger partial charge in [-0.25, -0.2) is 9.59 Å². The Kier molecular flexibility index (Phi) is 19.4. The third-order valence-electron chi connectivity index (χ3n) is 10.5. The summed E-state index contributed by atoms with van der Waals surface area (Å²) in [7, 11) is 0. The van der Waals surface area contributed by atoms with Crippen LogP contribution in [0.4, 0.5) is 4.79 Å². The van der Waals surface area contributed by atoms with Gasteiger partial charge in [-0.15, -0.1) is 0 Å². The Balaban J connectivity index is 1.50. The van der Waals surface area contributed by atoms with E-state index in [9.17, 15) is 33.9 Å². The average Bonchev–Trinajstić information content (AvgIpc) is 3.77. The standard InChI is InChI=1S/C46H61N7O9/c1-5-31(4)40(52-46(60)48-23-26-61-25-22-47)43(56)51-39(30(2)3)44(57)53-24-12-17-38(53)42(55)49-36(41(54)50-37(45(58)59)28-32-13-8-6-9-14-32)27-33-18-20-35(21-19-33)62-29-34-15-10-7-11-16-34/h6-21,30-31,36-40H,5,22-29,47H2,1-4H3,(H,49,55)(H,50,54)(H,51,56)(H,58,59)(H2,48,52,60)/t31-,36-,37-,38-,39-,40-/m0/s1. The van der Waals surface area contributed by atoms with E-state index < -0.39 is 71.8 Å². The number of hydrogen-bond donors (Lipinski definition) is 7. The number of nitrogens with two attached hydrogens (primary N) is 1. The summed E-state index contributed by atoms with van der Waals surface area (Å²) in [6.07, 6.45) is 3.74. The Bertz CT molecular complexity index is 1950. The number of rotatable bonds is 24. The molecule has 6 amide bonds. The topological polar surface area (TPSA) is 231 Å². The van der Waals surface area contributed by atoms with E-state index in [1.165, 1.54) is 4.90 Å². The second-order valence-corrected chi connectivity index (χ2v) is 15.5. The van der Waals surface area contributed by atoms with E-state index in [0.29, 0.717) is 43.1 Å². The van der Waals surface area contributed by atoms with E-state index in [-0.39, 0.29) is 38.5 Å². The van der Waals surface area contributed by atoms with Crippen LogP contribution in [0.5, 0.6) is 5.75 Å². The number of carboxylic acid groups (broad SMARTS) is 1. The summed E-state index contributed by atoms with van der Waals surface area (Å²) < 4.78 is 11.2. The Morgan fingerprint density at radius 3 is 2.00 bits per heavy atom. The second kappa shape index (κ2) is 24.9. The second-order valence-electron chi connectivity index (χ2n) is 15.5. The molecule has 6 atom stereocenters. The third kappa shape index (κ3) is 15.0. The predicted molar refractivity (Wildman–Crippen MR) is 234 cm³/mol. The smallest absolute Gasteiger partial charge is 0.326 e. The molecule has 1 aliphatic rings. The Hall–Kier alpha value is -6.26. The molecule has 0 spiro atoms. The van der Waals surface area contributed by atoms with Crippen LogP contribution in [0.25, 0.3) is 0 Å². The molecule has 0 saturated heterocycles. The van der Waals surface area contributed by atoms with Crippen LogP contribution in [0.3, 0.4) is 0 Å². The molecule has 0 saturated carbocycles. The maximum atomic E-state index is 14.2. The van der Waals surface area contributed by atoms with E-state index in [1.807, 2.05) is 44.2 Å². The van der Waals surface area contributed by atoms with Crippen molar-refractivity contribution in [3.8, 4) is 5.75 Å². The fourth-order valence-corrected chi connectivity index (χ4v) is 6.72. The molecular weight excluding hydrogens is 795 g/mol. The lowest BCUT2D eigenvalue weighted by Crippen LogP contribution is -2.61. The van der Waals surface area contributed by atoms with Crippen molar-refractivity contribution in [2.45, 2.75) is 83.8 Å². The average molecular weight is 856 g/mol. The molecule has 334 valence electrons. The largest absolute Gasteiger partial charge is 0.489 e. The van der Waals surface area contributed by atoms with Crippen LogP contribution in [0.1, 0.15) is 50.8 Å². The molecule has 16 heteroatoms. The number of amides is 6. The van der Waals surface area contributed by atoms with E-state index in [0.717, 1.165) is 5.56 Å². The van der Waals surface area contributed by atoms with E-state index >= 15 is 0 Å². The van der Waals surface area contributed by atoms with Crippen LogP contribution in [-0.4, -0.2) is 109 Å². The first-order chi connectivity index (χ1) is 29.8. The highest BCUT2D eigenvalue weighted by Gasteiger charge is 2.39. The van der Waals surface area contributed by atoms with E-state index in [1.54, 1.807) is 80.6 Å². The Morgan fingerprint density at radius 2 is 1.39 bits per heavy atom. The van der Waals surface area contributed by atoms with Gasteiger partial charge in [0.2, 0.25) is 23.6 Å². The summed E-state index contributed by atoms with van der Waals surface area (Å²) in [5.41, 5.74) is 7.77. The molecule has 1 heterocycles. The zero-order valence-corrected chi connectivity index (χ0v) is 35.9. The molecule has 0 aliphatic carbocycles. The lowest BCUT2D eigenvalue weighted by Gasteiger charge is -2.33. The lowest BCUT2D eigenvalue weighted by atomic mass is 9.96. The number of nitrogens with zero attached hydrogens (tertiary/aromatic N) is 1. The SMILES string of the molecule is CC[C@H](C)[C@H](NC(=O)NCCOCCN)C(=O)N[C@H](C(=O)N1CC=C[C@H]1C(=O)N[C@@H](Cc1ccc(OCc2ccccc2)cc1)C(=O)N[C@@H](Cc1ccccc1)C(=O)O)C(C)C. The van der Waals surface area contributed by atoms with E-state index in [2.05, 4.69) is 26.6 Å².